The van der Waals surface area contributed by atoms with Gasteiger partial charge in [0.15, 0.2) is 6.54 Å². The van der Waals surface area contributed by atoms with E-state index in [0.717, 1.165) is 35.7 Å². The van der Waals surface area contributed by atoms with Crippen molar-refractivity contribution in [2.75, 3.05) is 25.0 Å². The number of hydrogen-bond donors (Lipinski definition) is 1. The van der Waals surface area contributed by atoms with Gasteiger partial charge in [-0.15, -0.1) is 0 Å². The van der Waals surface area contributed by atoms with E-state index in [1.54, 1.807) is 6.07 Å². The molecule has 5 heteroatoms. The quantitative estimate of drug-likeness (QED) is 0.901. The first-order valence-electron chi connectivity index (χ1n) is 7.68. The topological polar surface area (TPSA) is 24.8 Å². The number of nitrogens with zero attached hydrogens (tertiary/aromatic N) is 1. The molecule has 0 aromatic heterocycles. The van der Waals surface area contributed by atoms with Crippen LogP contribution in [0.15, 0.2) is 42.5 Å². The van der Waals surface area contributed by atoms with Crippen LogP contribution >= 0.6 is 23.2 Å². The Morgan fingerprint density at radius 2 is 1.96 bits per heavy atom. The highest BCUT2D eigenvalue weighted by Gasteiger charge is 2.26. The summed E-state index contributed by atoms with van der Waals surface area (Å²) in [6.07, 6.45) is 0.938. The number of anilines is 1. The average Bonchev–Trinajstić information content (AvgIpc) is 2.95. The first kappa shape index (κ1) is 16.3. The van der Waals surface area contributed by atoms with Gasteiger partial charge in [-0.1, -0.05) is 47.5 Å². The molecule has 0 saturated carbocycles. The number of hydrogen-bond acceptors (Lipinski definition) is 1. The standard InChI is InChI=1S/C18H18Cl2N2O/c1-21(11-13-6-7-15(19)16(20)10-13)12-18(23)22-9-8-14-4-2-3-5-17(14)22/h2-7,10H,8-9,11-12H2,1H3/p+1. The van der Waals surface area contributed by atoms with E-state index >= 15 is 0 Å². The summed E-state index contributed by atoms with van der Waals surface area (Å²) in [4.78, 5) is 15.6. The maximum absolute atomic E-state index is 12.6. The number of likely N-dealkylation sites (N-methyl/N-ethyl adjacent to an activating group) is 1. The van der Waals surface area contributed by atoms with Gasteiger partial charge in [-0.3, -0.25) is 4.79 Å². The molecule has 1 unspecified atom stereocenters. The molecule has 1 aliphatic rings. The predicted molar refractivity (Wildman–Crippen MR) is 94.4 cm³/mol. The molecule has 1 aliphatic heterocycles. The SMILES string of the molecule is C[NH+](CC(=O)N1CCc2ccccc21)Cc1ccc(Cl)c(Cl)c1. The zero-order valence-electron chi connectivity index (χ0n) is 13.0. The van der Waals surface area contributed by atoms with Crippen LogP contribution in [0.1, 0.15) is 11.1 Å². The number of benzene rings is 2. The Kier molecular flexibility index (Phi) is 4.90. The molecule has 0 radical (unpaired) electrons. The van der Waals surface area contributed by atoms with E-state index in [0.29, 0.717) is 16.6 Å². The Morgan fingerprint density at radius 3 is 2.74 bits per heavy atom. The summed E-state index contributed by atoms with van der Waals surface area (Å²) in [6.45, 7) is 1.96. The number of carbonyl (C=O) groups is 1. The molecule has 1 N–H and O–H groups in total. The third-order valence-electron chi connectivity index (χ3n) is 4.13. The van der Waals surface area contributed by atoms with Crippen molar-refractivity contribution in [3.63, 3.8) is 0 Å². The third kappa shape index (κ3) is 3.69. The smallest absolute Gasteiger partial charge is 0.282 e. The molecular weight excluding hydrogens is 331 g/mol. The number of quaternary nitrogens is 1. The second kappa shape index (κ2) is 6.91. The predicted octanol–water partition coefficient (Wildman–Crippen LogP) is 2.60. The van der Waals surface area contributed by atoms with Crippen LogP contribution in [0.5, 0.6) is 0 Å². The van der Waals surface area contributed by atoms with Crippen LogP contribution in [-0.2, 0) is 17.8 Å². The Morgan fingerprint density at radius 1 is 1.17 bits per heavy atom. The summed E-state index contributed by atoms with van der Waals surface area (Å²) in [7, 11) is 2.02. The maximum atomic E-state index is 12.6. The lowest BCUT2D eigenvalue weighted by molar-refractivity contribution is -0.885. The highest BCUT2D eigenvalue weighted by molar-refractivity contribution is 6.42. The summed E-state index contributed by atoms with van der Waals surface area (Å²) < 4.78 is 0. The van der Waals surface area contributed by atoms with Crippen LogP contribution < -0.4 is 9.80 Å². The fourth-order valence-corrected chi connectivity index (χ4v) is 3.33. The fraction of sp³-hybridized carbons (Fsp3) is 0.278. The van der Waals surface area contributed by atoms with E-state index in [4.69, 9.17) is 23.2 Å². The summed E-state index contributed by atoms with van der Waals surface area (Å²) in [6, 6.07) is 13.7. The molecule has 0 aliphatic carbocycles. The normalized spacial score (nSPS) is 14.7. The highest BCUT2D eigenvalue weighted by Crippen LogP contribution is 2.27. The summed E-state index contributed by atoms with van der Waals surface area (Å²) in [5.41, 5.74) is 3.38. The molecule has 1 amide bonds. The van der Waals surface area contributed by atoms with Crippen LogP contribution in [0, 0.1) is 0 Å². The molecule has 3 rings (SSSR count). The third-order valence-corrected chi connectivity index (χ3v) is 4.87. The molecule has 0 saturated heterocycles. The number of fused-ring (bicyclic) bond motifs is 1. The van der Waals surface area contributed by atoms with Crippen molar-refractivity contribution in [2.24, 2.45) is 0 Å². The lowest BCUT2D eigenvalue weighted by Gasteiger charge is -2.20. The van der Waals surface area contributed by atoms with Gasteiger partial charge in [0.25, 0.3) is 5.91 Å². The van der Waals surface area contributed by atoms with Crippen molar-refractivity contribution >= 4 is 34.8 Å². The van der Waals surface area contributed by atoms with Gasteiger partial charge in [-0.05, 0) is 30.2 Å². The van der Waals surface area contributed by atoms with E-state index in [9.17, 15) is 4.79 Å². The number of amides is 1. The fourth-order valence-electron chi connectivity index (χ4n) is 3.01. The molecular formula is C18H19Cl2N2O+. The minimum atomic E-state index is 0.160. The minimum absolute atomic E-state index is 0.160. The van der Waals surface area contributed by atoms with Crippen molar-refractivity contribution in [1.82, 2.24) is 0 Å². The Hall–Kier alpha value is -1.55. The number of para-hydroxylation sites is 1. The lowest BCUT2D eigenvalue weighted by Crippen LogP contribution is -3.08. The Labute approximate surface area is 146 Å². The molecule has 2 aromatic rings. The highest BCUT2D eigenvalue weighted by atomic mass is 35.5. The van der Waals surface area contributed by atoms with Gasteiger partial charge in [0, 0.05) is 17.8 Å². The Balaban J connectivity index is 1.63. The molecule has 120 valence electrons. The van der Waals surface area contributed by atoms with Crippen molar-refractivity contribution in [2.45, 2.75) is 13.0 Å². The van der Waals surface area contributed by atoms with Crippen molar-refractivity contribution in [3.05, 3.63) is 63.6 Å². The molecule has 23 heavy (non-hydrogen) atoms. The molecule has 0 bridgehead atoms. The first-order chi connectivity index (χ1) is 11.0. The number of halogens is 2. The second-order valence-electron chi connectivity index (χ2n) is 5.98. The van der Waals surface area contributed by atoms with Crippen LogP contribution in [0.4, 0.5) is 5.69 Å². The van der Waals surface area contributed by atoms with Crippen molar-refractivity contribution in [3.8, 4) is 0 Å². The van der Waals surface area contributed by atoms with Crippen LogP contribution in [0.25, 0.3) is 0 Å². The molecule has 0 fully saturated rings. The molecule has 2 aromatic carbocycles. The molecule has 1 heterocycles. The van der Waals surface area contributed by atoms with E-state index in [-0.39, 0.29) is 5.91 Å². The van der Waals surface area contributed by atoms with Crippen molar-refractivity contribution in [1.29, 1.82) is 0 Å². The molecule has 1 atom stereocenters. The van der Waals surface area contributed by atoms with E-state index in [1.165, 1.54) is 5.56 Å². The van der Waals surface area contributed by atoms with Crippen molar-refractivity contribution < 1.29 is 9.69 Å². The van der Waals surface area contributed by atoms with Gasteiger partial charge in [-0.25, -0.2) is 0 Å². The summed E-state index contributed by atoms with van der Waals surface area (Å²) >= 11 is 12.0. The van der Waals surface area contributed by atoms with E-state index in [1.807, 2.05) is 42.3 Å². The monoisotopic (exact) mass is 349 g/mol. The van der Waals surface area contributed by atoms with Crippen LogP contribution in [0.3, 0.4) is 0 Å². The van der Waals surface area contributed by atoms with Gasteiger partial charge in [-0.2, -0.15) is 0 Å². The van der Waals surface area contributed by atoms with Crippen LogP contribution in [-0.4, -0.2) is 26.0 Å². The summed E-state index contributed by atoms with van der Waals surface area (Å²) in [5, 5.41) is 1.11. The second-order valence-corrected chi connectivity index (χ2v) is 6.80. The minimum Gasteiger partial charge on any atom is -0.326 e. The summed E-state index contributed by atoms with van der Waals surface area (Å²) in [5.74, 6) is 0.160. The van der Waals surface area contributed by atoms with Gasteiger partial charge in [0.05, 0.1) is 17.1 Å². The zero-order valence-corrected chi connectivity index (χ0v) is 14.5. The number of nitrogens with one attached hydrogen (secondary N) is 1. The number of rotatable bonds is 4. The first-order valence-corrected chi connectivity index (χ1v) is 8.43. The van der Waals surface area contributed by atoms with Crippen LogP contribution in [0.2, 0.25) is 10.0 Å². The Bertz CT molecular complexity index is 733. The van der Waals surface area contributed by atoms with Gasteiger partial charge in [0.2, 0.25) is 0 Å². The lowest BCUT2D eigenvalue weighted by atomic mass is 10.2. The largest absolute Gasteiger partial charge is 0.326 e. The van der Waals surface area contributed by atoms with Gasteiger partial charge in [0.1, 0.15) is 6.54 Å². The number of carbonyl (C=O) groups excluding carboxylic acids is 1. The molecule has 0 spiro atoms. The molecule has 3 nitrogen and oxygen atoms in total. The van der Waals surface area contributed by atoms with E-state index in [2.05, 4.69) is 6.07 Å². The maximum Gasteiger partial charge on any atom is 0.282 e. The van der Waals surface area contributed by atoms with Gasteiger partial charge < -0.3 is 9.80 Å². The zero-order chi connectivity index (χ0) is 16.4. The van der Waals surface area contributed by atoms with E-state index < -0.39 is 0 Å². The average molecular weight is 350 g/mol. The van der Waals surface area contributed by atoms with Gasteiger partial charge >= 0.3 is 0 Å².